The fourth-order valence-electron chi connectivity index (χ4n) is 2.72. The standard InChI is InChI=1S/C19H20N/c1-4-15-10-9-14(2)18(11-15)19-12-16-7-5-6-8-17(16)13-20(19)3/h5-13H,4H2,1-3H3/q+1. The van der Waals surface area contributed by atoms with Crippen molar-refractivity contribution in [2.75, 3.05) is 0 Å². The summed E-state index contributed by atoms with van der Waals surface area (Å²) in [6.45, 7) is 4.39. The number of benzene rings is 2. The Kier molecular flexibility index (Phi) is 3.27. The van der Waals surface area contributed by atoms with E-state index < -0.39 is 0 Å². The molecule has 0 saturated heterocycles. The van der Waals surface area contributed by atoms with Crippen LogP contribution >= 0.6 is 0 Å². The van der Waals surface area contributed by atoms with Gasteiger partial charge in [-0.1, -0.05) is 37.3 Å². The highest BCUT2D eigenvalue weighted by Crippen LogP contribution is 2.24. The molecule has 0 bridgehead atoms. The molecule has 0 saturated carbocycles. The van der Waals surface area contributed by atoms with Crippen molar-refractivity contribution in [3.05, 3.63) is 65.9 Å². The van der Waals surface area contributed by atoms with Gasteiger partial charge in [-0.15, -0.1) is 0 Å². The second-order valence-electron chi connectivity index (χ2n) is 5.40. The van der Waals surface area contributed by atoms with Crippen LogP contribution in [0.5, 0.6) is 0 Å². The van der Waals surface area contributed by atoms with Crippen LogP contribution in [-0.4, -0.2) is 0 Å². The van der Waals surface area contributed by atoms with Crippen LogP contribution < -0.4 is 4.57 Å². The maximum absolute atomic E-state index is 2.32. The van der Waals surface area contributed by atoms with Gasteiger partial charge in [-0.05, 0) is 42.0 Å². The van der Waals surface area contributed by atoms with Crippen LogP contribution in [0.1, 0.15) is 18.1 Å². The first kappa shape index (κ1) is 12.9. The fourth-order valence-corrected chi connectivity index (χ4v) is 2.72. The van der Waals surface area contributed by atoms with Crippen molar-refractivity contribution in [2.45, 2.75) is 20.3 Å². The zero-order valence-electron chi connectivity index (χ0n) is 12.4. The lowest BCUT2D eigenvalue weighted by Crippen LogP contribution is -2.30. The third-order valence-electron chi connectivity index (χ3n) is 3.99. The maximum atomic E-state index is 2.32. The van der Waals surface area contributed by atoms with Gasteiger partial charge in [-0.3, -0.25) is 0 Å². The first-order chi connectivity index (χ1) is 9.69. The molecule has 3 rings (SSSR count). The highest BCUT2D eigenvalue weighted by Gasteiger charge is 2.14. The number of fused-ring (bicyclic) bond motifs is 1. The largest absolute Gasteiger partial charge is 0.213 e. The van der Waals surface area contributed by atoms with Crippen molar-refractivity contribution in [2.24, 2.45) is 7.05 Å². The first-order valence-corrected chi connectivity index (χ1v) is 7.17. The van der Waals surface area contributed by atoms with Crippen molar-refractivity contribution >= 4 is 10.8 Å². The van der Waals surface area contributed by atoms with E-state index in [0.717, 1.165) is 6.42 Å². The lowest BCUT2D eigenvalue weighted by atomic mass is 9.99. The summed E-state index contributed by atoms with van der Waals surface area (Å²) in [5.41, 5.74) is 5.32. The van der Waals surface area contributed by atoms with Crippen molar-refractivity contribution in [1.82, 2.24) is 0 Å². The van der Waals surface area contributed by atoms with Crippen LogP contribution in [0, 0.1) is 6.92 Å². The molecule has 1 nitrogen and oxygen atoms in total. The molecule has 100 valence electrons. The Labute approximate surface area is 120 Å². The predicted octanol–water partition coefficient (Wildman–Crippen LogP) is 4.20. The average Bonchev–Trinajstić information content (AvgIpc) is 2.47. The van der Waals surface area contributed by atoms with Crippen LogP contribution in [-0.2, 0) is 13.5 Å². The summed E-state index contributed by atoms with van der Waals surface area (Å²) in [6, 6.07) is 17.6. The van der Waals surface area contributed by atoms with Crippen molar-refractivity contribution in [1.29, 1.82) is 0 Å². The minimum Gasteiger partial charge on any atom is -0.200 e. The molecular weight excluding hydrogens is 242 g/mol. The van der Waals surface area contributed by atoms with E-state index in [1.807, 2.05) is 0 Å². The number of nitrogens with zero attached hydrogens (tertiary/aromatic N) is 1. The third-order valence-corrected chi connectivity index (χ3v) is 3.99. The summed E-state index contributed by atoms with van der Waals surface area (Å²) in [4.78, 5) is 0. The van der Waals surface area contributed by atoms with Crippen LogP contribution in [0.15, 0.2) is 54.7 Å². The number of pyridine rings is 1. The van der Waals surface area contributed by atoms with Gasteiger partial charge in [0.15, 0.2) is 6.20 Å². The topological polar surface area (TPSA) is 3.88 Å². The second-order valence-corrected chi connectivity index (χ2v) is 5.40. The second kappa shape index (κ2) is 5.09. The van der Waals surface area contributed by atoms with E-state index in [2.05, 4.69) is 80.2 Å². The summed E-state index contributed by atoms with van der Waals surface area (Å²) in [5.74, 6) is 0. The SMILES string of the molecule is CCc1ccc(C)c(-c2cc3ccccc3c[n+]2C)c1. The fraction of sp³-hybridized carbons (Fsp3) is 0.211. The number of aromatic nitrogens is 1. The Bertz CT molecular complexity index is 772. The Hall–Kier alpha value is -2.15. The molecule has 1 heteroatoms. The molecule has 0 spiro atoms. The summed E-state index contributed by atoms with van der Waals surface area (Å²) in [5, 5.41) is 2.57. The molecular formula is C19H20N+. The summed E-state index contributed by atoms with van der Waals surface area (Å²) < 4.78 is 2.23. The molecule has 0 aliphatic heterocycles. The van der Waals surface area contributed by atoms with Gasteiger partial charge in [0.05, 0.1) is 0 Å². The molecule has 0 N–H and O–H groups in total. The molecule has 0 radical (unpaired) electrons. The molecule has 1 heterocycles. The van der Waals surface area contributed by atoms with E-state index in [1.54, 1.807) is 0 Å². The van der Waals surface area contributed by atoms with E-state index >= 15 is 0 Å². The normalized spacial score (nSPS) is 10.9. The Morgan fingerprint density at radius 2 is 1.70 bits per heavy atom. The molecule has 0 amide bonds. The van der Waals surface area contributed by atoms with Gasteiger partial charge in [-0.2, -0.15) is 0 Å². The highest BCUT2D eigenvalue weighted by molar-refractivity contribution is 5.84. The van der Waals surface area contributed by atoms with E-state index in [1.165, 1.54) is 33.2 Å². The summed E-state index contributed by atoms with van der Waals surface area (Å²) in [6.07, 6.45) is 3.29. The third kappa shape index (κ3) is 2.20. The molecule has 0 aliphatic rings. The molecule has 0 aliphatic carbocycles. The number of hydrogen-bond donors (Lipinski definition) is 0. The van der Waals surface area contributed by atoms with E-state index in [0.29, 0.717) is 0 Å². The summed E-state index contributed by atoms with van der Waals surface area (Å²) in [7, 11) is 2.12. The van der Waals surface area contributed by atoms with Gasteiger partial charge in [0.1, 0.15) is 7.05 Å². The Balaban J connectivity index is 2.26. The number of hydrogen-bond acceptors (Lipinski definition) is 0. The van der Waals surface area contributed by atoms with Crippen LogP contribution in [0.4, 0.5) is 0 Å². The molecule has 0 unspecified atom stereocenters. The Morgan fingerprint density at radius 3 is 2.45 bits per heavy atom. The molecule has 3 aromatic rings. The van der Waals surface area contributed by atoms with E-state index in [4.69, 9.17) is 0 Å². The van der Waals surface area contributed by atoms with Crippen LogP contribution in [0.3, 0.4) is 0 Å². The zero-order chi connectivity index (χ0) is 14.1. The van der Waals surface area contributed by atoms with Crippen LogP contribution in [0.2, 0.25) is 0 Å². The quantitative estimate of drug-likeness (QED) is 0.609. The molecule has 0 fully saturated rings. The smallest absolute Gasteiger partial charge is 0.200 e. The lowest BCUT2D eigenvalue weighted by molar-refractivity contribution is -0.659. The zero-order valence-corrected chi connectivity index (χ0v) is 12.4. The average molecular weight is 262 g/mol. The Morgan fingerprint density at radius 1 is 0.950 bits per heavy atom. The van der Waals surface area contributed by atoms with Gasteiger partial charge in [0.25, 0.3) is 0 Å². The highest BCUT2D eigenvalue weighted by atomic mass is 14.9. The van der Waals surface area contributed by atoms with Gasteiger partial charge in [0, 0.05) is 17.0 Å². The monoisotopic (exact) mass is 262 g/mol. The van der Waals surface area contributed by atoms with Crippen molar-refractivity contribution < 1.29 is 4.57 Å². The predicted molar refractivity (Wildman–Crippen MR) is 84.7 cm³/mol. The van der Waals surface area contributed by atoms with E-state index in [9.17, 15) is 0 Å². The number of aryl methyl sites for hydroxylation is 3. The molecule has 2 aromatic carbocycles. The minimum absolute atomic E-state index is 1.07. The molecule has 20 heavy (non-hydrogen) atoms. The maximum Gasteiger partial charge on any atom is 0.213 e. The van der Waals surface area contributed by atoms with Crippen molar-refractivity contribution in [3.63, 3.8) is 0 Å². The van der Waals surface area contributed by atoms with E-state index in [-0.39, 0.29) is 0 Å². The molecule has 1 aromatic heterocycles. The molecule has 0 atom stereocenters. The van der Waals surface area contributed by atoms with Gasteiger partial charge >= 0.3 is 0 Å². The van der Waals surface area contributed by atoms with Gasteiger partial charge in [-0.25, -0.2) is 4.57 Å². The van der Waals surface area contributed by atoms with Crippen LogP contribution in [0.25, 0.3) is 22.0 Å². The number of rotatable bonds is 2. The van der Waals surface area contributed by atoms with Crippen molar-refractivity contribution in [3.8, 4) is 11.3 Å². The summed E-state index contributed by atoms with van der Waals surface area (Å²) >= 11 is 0. The van der Waals surface area contributed by atoms with Gasteiger partial charge < -0.3 is 0 Å². The lowest BCUT2D eigenvalue weighted by Gasteiger charge is -2.08. The van der Waals surface area contributed by atoms with Gasteiger partial charge in [0.2, 0.25) is 5.69 Å². The minimum atomic E-state index is 1.07. The first-order valence-electron chi connectivity index (χ1n) is 7.17.